The second-order valence-electron chi connectivity index (χ2n) is 11.4. The van der Waals surface area contributed by atoms with Gasteiger partial charge in [-0.2, -0.15) is 0 Å². The number of benzene rings is 1. The summed E-state index contributed by atoms with van der Waals surface area (Å²) < 4.78 is 12.8. The second-order valence-corrected chi connectivity index (χ2v) is 15.5. The Morgan fingerprint density at radius 2 is 1.56 bits per heavy atom. The van der Waals surface area contributed by atoms with E-state index in [1.54, 1.807) is 0 Å². The van der Waals surface area contributed by atoms with E-state index in [9.17, 15) is 0 Å². The molecule has 4 aliphatic carbocycles. The molecule has 4 bridgehead atoms. The molecule has 4 saturated carbocycles. The first-order chi connectivity index (χ1) is 16.4. The Balaban J connectivity index is 1.61. The molecular weight excluding hydrogens is 552 g/mol. The number of rotatable bonds is 14. The molecule has 1 aromatic rings. The summed E-state index contributed by atoms with van der Waals surface area (Å²) in [4.78, 5) is 0. The molecule has 0 spiro atoms. The molecule has 190 valence electrons. The van der Waals surface area contributed by atoms with E-state index in [4.69, 9.17) is 9.47 Å². The van der Waals surface area contributed by atoms with Crippen LogP contribution >= 0.6 is 31.9 Å². The first-order valence-corrected chi connectivity index (χ1v) is 15.4. The highest BCUT2D eigenvalue weighted by atomic mass is 79.9. The molecule has 0 heterocycles. The van der Waals surface area contributed by atoms with Gasteiger partial charge in [0.2, 0.25) is 0 Å². The number of halogens is 2. The summed E-state index contributed by atoms with van der Waals surface area (Å²) in [6.45, 7) is 10.00. The van der Waals surface area contributed by atoms with Gasteiger partial charge >= 0.3 is 0 Å². The van der Waals surface area contributed by atoms with E-state index < -0.39 is 0 Å². The van der Waals surface area contributed by atoms with Crippen molar-refractivity contribution in [1.82, 2.24) is 0 Å². The molecule has 4 aliphatic rings. The Bertz CT molecular complexity index is 796. The Morgan fingerprint density at radius 3 is 2.15 bits per heavy atom. The SMILES string of the molecule is C=Cc1cc(C23CC4CC(CC(C4)C2)C3)c(OCC(Br)(Br)CCCC)cc1OCCCCCC. The molecule has 4 heteroatoms. The highest BCUT2D eigenvalue weighted by molar-refractivity contribution is 9.25. The predicted octanol–water partition coefficient (Wildman–Crippen LogP) is 9.81. The van der Waals surface area contributed by atoms with Gasteiger partial charge in [-0.25, -0.2) is 0 Å². The van der Waals surface area contributed by atoms with Crippen LogP contribution in [0.5, 0.6) is 11.5 Å². The predicted molar refractivity (Wildman–Crippen MR) is 152 cm³/mol. The van der Waals surface area contributed by atoms with Crippen molar-refractivity contribution in [2.24, 2.45) is 17.8 Å². The monoisotopic (exact) mass is 594 g/mol. The first kappa shape index (κ1) is 26.6. The van der Waals surface area contributed by atoms with Gasteiger partial charge in [-0.05, 0) is 80.6 Å². The van der Waals surface area contributed by atoms with E-state index in [1.165, 1.54) is 76.2 Å². The van der Waals surface area contributed by atoms with Gasteiger partial charge in [0.15, 0.2) is 0 Å². The highest BCUT2D eigenvalue weighted by Crippen LogP contribution is 2.62. The molecule has 0 atom stereocenters. The normalized spacial score (nSPS) is 27.7. The summed E-state index contributed by atoms with van der Waals surface area (Å²) in [5.41, 5.74) is 2.82. The molecule has 34 heavy (non-hydrogen) atoms. The van der Waals surface area contributed by atoms with Gasteiger partial charge in [-0.15, -0.1) is 0 Å². The van der Waals surface area contributed by atoms with Crippen LogP contribution in [0.15, 0.2) is 18.7 Å². The Hall–Kier alpha value is -0.480. The van der Waals surface area contributed by atoms with Gasteiger partial charge in [0.1, 0.15) is 21.3 Å². The fraction of sp³-hybridized carbons (Fsp3) is 0.733. The zero-order valence-corrected chi connectivity index (χ0v) is 24.5. The maximum Gasteiger partial charge on any atom is 0.130 e. The number of alkyl halides is 2. The van der Waals surface area contributed by atoms with E-state index >= 15 is 0 Å². The lowest BCUT2D eigenvalue weighted by Crippen LogP contribution is -2.48. The van der Waals surface area contributed by atoms with Crippen molar-refractivity contribution in [2.75, 3.05) is 13.2 Å². The fourth-order valence-corrected chi connectivity index (χ4v) is 8.03. The molecule has 5 rings (SSSR count). The zero-order valence-electron chi connectivity index (χ0n) is 21.4. The third-order valence-electron chi connectivity index (χ3n) is 8.53. The van der Waals surface area contributed by atoms with Crippen molar-refractivity contribution >= 4 is 37.9 Å². The maximum atomic E-state index is 6.67. The summed E-state index contributed by atoms with van der Waals surface area (Å²) in [5, 5.41) is 0. The molecule has 0 saturated heterocycles. The van der Waals surface area contributed by atoms with Crippen molar-refractivity contribution < 1.29 is 9.47 Å². The van der Waals surface area contributed by atoms with Crippen LogP contribution in [0.3, 0.4) is 0 Å². The Morgan fingerprint density at radius 1 is 0.912 bits per heavy atom. The standard InChI is InChI=1S/C30H44Br2O2/c1-4-7-9-10-12-33-27-17-28(34-21-30(31,32)11-8-5-2)26(16-25(27)6-3)29-18-22-13-23(19-29)15-24(14-22)20-29/h6,16-17,22-24H,3-5,7-15,18-21H2,1-2H3. The van der Waals surface area contributed by atoms with Gasteiger partial charge in [-0.1, -0.05) is 90.5 Å². The maximum absolute atomic E-state index is 6.67. The number of hydrogen-bond acceptors (Lipinski definition) is 2. The van der Waals surface area contributed by atoms with E-state index in [2.05, 4.69) is 64.4 Å². The molecule has 0 radical (unpaired) electrons. The van der Waals surface area contributed by atoms with Crippen LogP contribution in [0.1, 0.15) is 108 Å². The molecule has 0 aliphatic heterocycles. The largest absolute Gasteiger partial charge is 0.493 e. The molecule has 0 amide bonds. The smallest absolute Gasteiger partial charge is 0.130 e. The van der Waals surface area contributed by atoms with Crippen molar-refractivity contribution in [3.05, 3.63) is 29.8 Å². The lowest BCUT2D eigenvalue weighted by molar-refractivity contribution is -0.00643. The molecule has 2 nitrogen and oxygen atoms in total. The Kier molecular flexibility index (Phi) is 9.16. The summed E-state index contributed by atoms with van der Waals surface area (Å²) in [5.74, 6) is 4.67. The van der Waals surface area contributed by atoms with E-state index in [-0.39, 0.29) is 8.65 Å². The van der Waals surface area contributed by atoms with Gasteiger partial charge in [0.25, 0.3) is 0 Å². The zero-order chi connectivity index (χ0) is 24.2. The average Bonchev–Trinajstić information content (AvgIpc) is 2.80. The third kappa shape index (κ3) is 6.25. The number of ether oxygens (including phenoxy) is 2. The van der Waals surface area contributed by atoms with Gasteiger partial charge in [0.05, 0.1) is 6.61 Å². The topological polar surface area (TPSA) is 18.5 Å². The molecule has 4 fully saturated rings. The van der Waals surface area contributed by atoms with E-state index in [0.29, 0.717) is 6.61 Å². The second kappa shape index (κ2) is 11.7. The van der Waals surface area contributed by atoms with Gasteiger partial charge in [-0.3, -0.25) is 0 Å². The molecule has 0 unspecified atom stereocenters. The molecule has 0 N–H and O–H groups in total. The highest BCUT2D eigenvalue weighted by Gasteiger charge is 2.52. The molecule has 0 aromatic heterocycles. The van der Waals surface area contributed by atoms with Crippen LogP contribution in [0, 0.1) is 17.8 Å². The first-order valence-electron chi connectivity index (χ1n) is 13.8. The quantitative estimate of drug-likeness (QED) is 0.157. The minimum absolute atomic E-state index is 0.187. The number of unbranched alkanes of at least 4 members (excludes halogenated alkanes) is 4. The molecular formula is C30H44Br2O2. The minimum atomic E-state index is -0.187. The van der Waals surface area contributed by atoms with Crippen LogP contribution in [-0.4, -0.2) is 16.4 Å². The summed E-state index contributed by atoms with van der Waals surface area (Å²) in [6, 6.07) is 4.58. The van der Waals surface area contributed by atoms with Crippen LogP contribution < -0.4 is 9.47 Å². The van der Waals surface area contributed by atoms with Crippen LogP contribution in [0.4, 0.5) is 0 Å². The van der Waals surface area contributed by atoms with E-state index in [1.807, 2.05) is 6.08 Å². The average molecular weight is 596 g/mol. The van der Waals surface area contributed by atoms with Gasteiger partial charge < -0.3 is 9.47 Å². The van der Waals surface area contributed by atoms with Crippen molar-refractivity contribution in [3.8, 4) is 11.5 Å². The number of hydrogen-bond donors (Lipinski definition) is 0. The molecule has 1 aromatic carbocycles. The minimum Gasteiger partial charge on any atom is -0.493 e. The third-order valence-corrected chi connectivity index (χ3v) is 9.78. The van der Waals surface area contributed by atoms with Crippen molar-refractivity contribution in [2.45, 2.75) is 106 Å². The van der Waals surface area contributed by atoms with Gasteiger partial charge in [0, 0.05) is 17.2 Å². The summed E-state index contributed by atoms with van der Waals surface area (Å²) in [6.07, 6.45) is 18.5. The van der Waals surface area contributed by atoms with Crippen LogP contribution in [0.2, 0.25) is 0 Å². The van der Waals surface area contributed by atoms with Crippen LogP contribution in [0.25, 0.3) is 6.08 Å². The van der Waals surface area contributed by atoms with Crippen molar-refractivity contribution in [3.63, 3.8) is 0 Å². The van der Waals surface area contributed by atoms with Crippen LogP contribution in [-0.2, 0) is 5.41 Å². The fourth-order valence-electron chi connectivity index (χ4n) is 7.24. The Labute approximate surface area is 224 Å². The van der Waals surface area contributed by atoms with E-state index in [0.717, 1.165) is 54.3 Å². The summed E-state index contributed by atoms with van der Waals surface area (Å²) in [7, 11) is 0. The van der Waals surface area contributed by atoms with Crippen molar-refractivity contribution in [1.29, 1.82) is 0 Å². The lowest BCUT2D eigenvalue weighted by Gasteiger charge is -2.57. The summed E-state index contributed by atoms with van der Waals surface area (Å²) >= 11 is 7.77. The lowest BCUT2D eigenvalue weighted by atomic mass is 9.48.